The highest BCUT2D eigenvalue weighted by Crippen LogP contribution is 2.28. The normalized spacial score (nSPS) is 28.9. The van der Waals surface area contributed by atoms with E-state index in [4.69, 9.17) is 37.9 Å². The van der Waals surface area contributed by atoms with Gasteiger partial charge in [0, 0.05) is 34.9 Å². The van der Waals surface area contributed by atoms with Gasteiger partial charge in [-0.1, -0.05) is 0 Å². The molecule has 162 valence electrons. The molecule has 0 spiro atoms. The van der Waals surface area contributed by atoms with Gasteiger partial charge in [-0.2, -0.15) is 0 Å². The molecule has 28 heavy (non-hydrogen) atoms. The van der Waals surface area contributed by atoms with Crippen LogP contribution in [-0.2, 0) is 47.5 Å². The quantitative estimate of drug-likeness (QED) is 0.541. The Hall–Kier alpha value is -1.56. The maximum absolute atomic E-state index is 11.4. The van der Waals surface area contributed by atoms with Crippen LogP contribution in [0.1, 0.15) is 20.3 Å². The zero-order valence-electron chi connectivity index (χ0n) is 17.2. The van der Waals surface area contributed by atoms with E-state index in [1.54, 1.807) is 19.9 Å². The summed E-state index contributed by atoms with van der Waals surface area (Å²) in [5.74, 6) is -1.11. The first-order valence-corrected chi connectivity index (χ1v) is 8.93. The van der Waals surface area contributed by atoms with Crippen molar-refractivity contribution in [2.75, 3.05) is 41.7 Å². The Bertz CT molecular complexity index is 520. The van der Waals surface area contributed by atoms with E-state index >= 15 is 0 Å². The summed E-state index contributed by atoms with van der Waals surface area (Å²) in [6.45, 7) is 4.20. The van der Waals surface area contributed by atoms with E-state index in [-0.39, 0.29) is 18.2 Å². The first kappa shape index (κ1) is 24.5. The molecule has 0 radical (unpaired) electrons. The summed E-state index contributed by atoms with van der Waals surface area (Å²) in [5, 5.41) is 0. The Morgan fingerprint density at radius 2 is 1.64 bits per heavy atom. The Balaban J connectivity index is 0.000000280. The maximum Gasteiger partial charge on any atom is 0.339 e. The summed E-state index contributed by atoms with van der Waals surface area (Å²) < 4.78 is 40.1. The number of carbonyl (C=O) groups is 2. The molecule has 1 fully saturated rings. The molecule has 0 aromatic carbocycles. The summed E-state index contributed by atoms with van der Waals surface area (Å²) in [6, 6.07) is 0. The van der Waals surface area contributed by atoms with Crippen molar-refractivity contribution in [1.29, 1.82) is 0 Å². The third-order valence-corrected chi connectivity index (χ3v) is 3.93. The van der Waals surface area contributed by atoms with E-state index in [0.29, 0.717) is 25.2 Å². The lowest BCUT2D eigenvalue weighted by Gasteiger charge is -2.14. The molecule has 5 unspecified atom stereocenters. The molecule has 0 amide bonds. The summed E-state index contributed by atoms with van der Waals surface area (Å²) >= 11 is 0. The Labute approximate surface area is 164 Å². The van der Waals surface area contributed by atoms with Crippen LogP contribution in [0.4, 0.5) is 0 Å². The van der Waals surface area contributed by atoms with E-state index in [9.17, 15) is 9.59 Å². The molecular weight excluding hydrogens is 376 g/mol. The smallest absolute Gasteiger partial charge is 0.339 e. The van der Waals surface area contributed by atoms with Gasteiger partial charge >= 0.3 is 11.9 Å². The average molecular weight is 406 g/mol. The van der Waals surface area contributed by atoms with Gasteiger partial charge in [0.05, 0.1) is 18.8 Å². The third kappa shape index (κ3) is 6.80. The van der Waals surface area contributed by atoms with Gasteiger partial charge in [-0.25, -0.2) is 4.79 Å². The van der Waals surface area contributed by atoms with Gasteiger partial charge in [-0.15, -0.1) is 0 Å². The van der Waals surface area contributed by atoms with E-state index < -0.39 is 24.8 Å². The Morgan fingerprint density at radius 1 is 0.964 bits per heavy atom. The topological polar surface area (TPSA) is 108 Å². The predicted octanol–water partition coefficient (Wildman–Crippen LogP) is 0.982. The van der Waals surface area contributed by atoms with Crippen molar-refractivity contribution in [2.45, 2.75) is 45.4 Å². The minimum Gasteiger partial charge on any atom is -0.466 e. The molecule has 0 bridgehead atoms. The van der Waals surface area contributed by atoms with Crippen molar-refractivity contribution in [3.8, 4) is 0 Å². The molecule has 0 aliphatic carbocycles. The fraction of sp³-hybridized carbons (Fsp3) is 0.778. The molecular formula is C18H30O10. The van der Waals surface area contributed by atoms with E-state index in [1.165, 1.54) is 28.4 Å². The minimum absolute atomic E-state index is 0.293. The van der Waals surface area contributed by atoms with Gasteiger partial charge in [0.1, 0.15) is 5.92 Å². The van der Waals surface area contributed by atoms with Gasteiger partial charge in [-0.3, -0.25) is 4.79 Å². The maximum atomic E-state index is 11.4. The zero-order chi connectivity index (χ0) is 21.1. The van der Waals surface area contributed by atoms with Crippen LogP contribution >= 0.6 is 0 Å². The molecule has 10 heteroatoms. The summed E-state index contributed by atoms with van der Waals surface area (Å²) in [5.41, 5.74) is 0.348. The fourth-order valence-electron chi connectivity index (χ4n) is 2.59. The molecule has 2 heterocycles. The van der Waals surface area contributed by atoms with Gasteiger partial charge < -0.3 is 37.9 Å². The lowest BCUT2D eigenvalue weighted by molar-refractivity contribution is -0.197. The lowest BCUT2D eigenvalue weighted by atomic mass is 10.1. The Kier molecular flexibility index (Phi) is 11.2. The van der Waals surface area contributed by atoms with Crippen molar-refractivity contribution < 1.29 is 47.5 Å². The number of hydrogen-bond acceptors (Lipinski definition) is 10. The van der Waals surface area contributed by atoms with E-state index in [0.717, 1.165) is 0 Å². The van der Waals surface area contributed by atoms with Crippen molar-refractivity contribution >= 4 is 11.9 Å². The second kappa shape index (κ2) is 12.8. The average Bonchev–Trinajstić information content (AvgIpc) is 3.32. The van der Waals surface area contributed by atoms with Crippen LogP contribution in [0.5, 0.6) is 0 Å². The van der Waals surface area contributed by atoms with Crippen molar-refractivity contribution in [2.24, 2.45) is 5.92 Å². The number of hydrogen-bond donors (Lipinski definition) is 0. The second-order valence-electron chi connectivity index (χ2n) is 5.65. The van der Waals surface area contributed by atoms with Crippen LogP contribution in [-0.4, -0.2) is 78.8 Å². The highest BCUT2D eigenvalue weighted by atomic mass is 16.8. The number of carbonyl (C=O) groups excluding carboxylic acids is 2. The van der Waals surface area contributed by atoms with Crippen molar-refractivity contribution in [3.05, 3.63) is 11.6 Å². The number of ether oxygens (including phenoxy) is 8. The second-order valence-corrected chi connectivity index (χ2v) is 5.65. The van der Waals surface area contributed by atoms with Gasteiger partial charge in [0.25, 0.3) is 0 Å². The first-order chi connectivity index (χ1) is 13.4. The number of rotatable bonds is 8. The SMILES string of the molecule is CCOC(=O)C1=CC(OC)OC1OC.CCOC(=O)C1CC(OC)OC1OC. The predicted molar refractivity (Wildman–Crippen MR) is 94.8 cm³/mol. The summed E-state index contributed by atoms with van der Waals surface area (Å²) in [7, 11) is 5.97. The molecule has 2 aliphatic rings. The highest BCUT2D eigenvalue weighted by Gasteiger charge is 2.41. The molecule has 0 N–H and O–H groups in total. The largest absolute Gasteiger partial charge is 0.466 e. The number of methoxy groups -OCH3 is 4. The number of esters is 2. The fourth-order valence-corrected chi connectivity index (χ4v) is 2.59. The summed E-state index contributed by atoms with van der Waals surface area (Å²) in [4.78, 5) is 22.8. The van der Waals surface area contributed by atoms with Crippen molar-refractivity contribution in [3.63, 3.8) is 0 Å². The zero-order valence-corrected chi connectivity index (χ0v) is 17.2. The van der Waals surface area contributed by atoms with Crippen LogP contribution in [0.2, 0.25) is 0 Å². The lowest BCUT2D eigenvalue weighted by Crippen LogP contribution is -2.27. The van der Waals surface area contributed by atoms with Crippen LogP contribution in [0.15, 0.2) is 11.6 Å². The molecule has 10 nitrogen and oxygen atoms in total. The van der Waals surface area contributed by atoms with E-state index in [1.807, 2.05) is 0 Å². The first-order valence-electron chi connectivity index (χ1n) is 8.93. The highest BCUT2D eigenvalue weighted by molar-refractivity contribution is 5.89. The molecule has 0 aromatic heterocycles. The molecule has 2 aliphatic heterocycles. The van der Waals surface area contributed by atoms with Gasteiger partial charge in [0.15, 0.2) is 25.2 Å². The van der Waals surface area contributed by atoms with Gasteiger partial charge in [-0.05, 0) is 19.9 Å². The standard InChI is InChI=1S/C9H16O5.C9H14O5/c2*1-4-13-8(10)6-5-7(11-2)14-9(6)12-3/h6-7,9H,4-5H2,1-3H3;5,7,9H,4H2,1-3H3. The van der Waals surface area contributed by atoms with Crippen LogP contribution < -0.4 is 0 Å². The van der Waals surface area contributed by atoms with Crippen LogP contribution in [0.25, 0.3) is 0 Å². The Morgan fingerprint density at radius 3 is 2.14 bits per heavy atom. The molecule has 0 aromatic rings. The van der Waals surface area contributed by atoms with Gasteiger partial charge in [0.2, 0.25) is 0 Å². The van der Waals surface area contributed by atoms with Crippen LogP contribution in [0.3, 0.4) is 0 Å². The van der Waals surface area contributed by atoms with Crippen LogP contribution in [0, 0.1) is 5.92 Å². The summed E-state index contributed by atoms with van der Waals surface area (Å²) in [6.07, 6.45) is -0.147. The molecule has 2 rings (SSSR count). The van der Waals surface area contributed by atoms with E-state index in [2.05, 4.69) is 0 Å². The molecule has 0 saturated carbocycles. The molecule has 5 atom stereocenters. The molecule has 1 saturated heterocycles. The third-order valence-electron chi connectivity index (χ3n) is 3.93. The van der Waals surface area contributed by atoms with Crippen molar-refractivity contribution in [1.82, 2.24) is 0 Å². The minimum atomic E-state index is -0.695. The monoisotopic (exact) mass is 406 g/mol.